The molecular weight excluding hydrogens is 444 g/mol. The monoisotopic (exact) mass is 470 g/mol. The largest absolute Gasteiger partial charge is 0.497 e. The number of ether oxygens (including phenoxy) is 1. The molecule has 0 fully saturated rings. The third-order valence-electron chi connectivity index (χ3n) is 5.91. The molecule has 0 radical (unpaired) electrons. The molecule has 0 saturated carbocycles. The van der Waals surface area contributed by atoms with Crippen LogP contribution in [0.5, 0.6) is 5.75 Å². The molecule has 178 valence electrons. The fourth-order valence-electron chi connectivity index (χ4n) is 4.04. The minimum atomic E-state index is -0.119. The summed E-state index contributed by atoms with van der Waals surface area (Å²) in [6.07, 6.45) is 1.63. The lowest BCUT2D eigenvalue weighted by Crippen LogP contribution is -2.28. The van der Waals surface area contributed by atoms with E-state index in [-0.39, 0.29) is 5.56 Å². The summed E-state index contributed by atoms with van der Waals surface area (Å²) in [5.41, 5.74) is 3.64. The van der Waals surface area contributed by atoms with E-state index in [0.29, 0.717) is 37.6 Å². The van der Waals surface area contributed by atoms with Gasteiger partial charge in [0.2, 0.25) is 0 Å². The van der Waals surface area contributed by atoms with Gasteiger partial charge >= 0.3 is 0 Å². The molecule has 0 amide bonds. The number of fused-ring (bicyclic) bond motifs is 1. The lowest BCUT2D eigenvalue weighted by molar-refractivity contribution is 0.235. The smallest absolute Gasteiger partial charge is 0.252 e. The lowest BCUT2D eigenvalue weighted by atomic mass is 10.1. The summed E-state index contributed by atoms with van der Waals surface area (Å²) in [5.74, 6) is 2.19. The van der Waals surface area contributed by atoms with Crippen LogP contribution in [0.4, 0.5) is 0 Å². The van der Waals surface area contributed by atoms with Crippen molar-refractivity contribution >= 4 is 10.9 Å². The number of nitrogens with one attached hydrogen (secondary N) is 1. The van der Waals surface area contributed by atoms with Gasteiger partial charge in [-0.2, -0.15) is 0 Å². The van der Waals surface area contributed by atoms with Crippen LogP contribution in [0.25, 0.3) is 10.9 Å². The van der Waals surface area contributed by atoms with Crippen LogP contribution in [-0.4, -0.2) is 37.2 Å². The Balaban J connectivity index is 1.45. The summed E-state index contributed by atoms with van der Waals surface area (Å²) in [6.45, 7) is 4.00. The van der Waals surface area contributed by atoms with Gasteiger partial charge in [0.25, 0.3) is 5.56 Å². The van der Waals surface area contributed by atoms with Crippen LogP contribution in [0.2, 0.25) is 0 Å². The number of hydrogen-bond acceptors (Lipinski definition) is 7. The van der Waals surface area contributed by atoms with Crippen LogP contribution in [0.3, 0.4) is 0 Å². The second-order valence-electron chi connectivity index (χ2n) is 8.54. The highest BCUT2D eigenvalue weighted by molar-refractivity contribution is 5.80. The maximum Gasteiger partial charge on any atom is 0.252 e. The summed E-state index contributed by atoms with van der Waals surface area (Å²) < 4.78 is 12.5. The van der Waals surface area contributed by atoms with Gasteiger partial charge in [-0.15, -0.1) is 5.10 Å². The minimum Gasteiger partial charge on any atom is -0.497 e. The molecule has 0 aliphatic rings. The van der Waals surface area contributed by atoms with Gasteiger partial charge in [0, 0.05) is 29.6 Å². The van der Waals surface area contributed by atoms with E-state index in [1.807, 2.05) is 36.4 Å². The Hall–Kier alpha value is -4.24. The molecule has 3 heterocycles. The van der Waals surface area contributed by atoms with Crippen molar-refractivity contribution in [3.05, 3.63) is 106 Å². The number of methoxy groups -OCH3 is 1. The molecule has 3 aromatic heterocycles. The molecule has 1 N–H and O–H groups in total. The topological polar surface area (TPSA) is 102 Å². The maximum atomic E-state index is 12.9. The van der Waals surface area contributed by atoms with E-state index < -0.39 is 0 Å². The molecule has 5 aromatic rings. The Morgan fingerprint density at radius 2 is 1.91 bits per heavy atom. The molecule has 2 aromatic carbocycles. The van der Waals surface area contributed by atoms with E-state index in [2.05, 4.69) is 56.6 Å². The van der Waals surface area contributed by atoms with Crippen molar-refractivity contribution in [3.63, 3.8) is 0 Å². The Bertz CT molecular complexity index is 1470. The highest BCUT2D eigenvalue weighted by Crippen LogP contribution is 2.20. The summed E-state index contributed by atoms with van der Waals surface area (Å²) in [6, 6.07) is 19.6. The molecule has 9 nitrogen and oxygen atoms in total. The zero-order valence-electron chi connectivity index (χ0n) is 19.6. The highest BCUT2D eigenvalue weighted by atomic mass is 16.5. The Morgan fingerprint density at radius 1 is 1.06 bits per heavy atom. The van der Waals surface area contributed by atoms with Crippen molar-refractivity contribution in [2.45, 2.75) is 33.1 Å². The van der Waals surface area contributed by atoms with Crippen molar-refractivity contribution in [3.8, 4) is 5.75 Å². The second kappa shape index (κ2) is 9.94. The fraction of sp³-hybridized carbons (Fsp3) is 0.231. The van der Waals surface area contributed by atoms with Gasteiger partial charge in [0.05, 0.1) is 19.9 Å². The average molecular weight is 471 g/mol. The number of pyridine rings is 1. The summed E-state index contributed by atoms with van der Waals surface area (Å²) in [4.78, 5) is 18.1. The predicted molar refractivity (Wildman–Crippen MR) is 131 cm³/mol. The van der Waals surface area contributed by atoms with Crippen LogP contribution in [0.1, 0.15) is 28.3 Å². The highest BCUT2D eigenvalue weighted by Gasteiger charge is 2.17. The predicted octanol–water partition coefficient (Wildman–Crippen LogP) is 3.68. The van der Waals surface area contributed by atoms with E-state index in [1.165, 1.54) is 5.56 Å². The van der Waals surface area contributed by atoms with Crippen LogP contribution < -0.4 is 10.3 Å². The molecule has 0 atom stereocenters. The summed E-state index contributed by atoms with van der Waals surface area (Å²) in [5, 5.41) is 13.2. The van der Waals surface area contributed by atoms with E-state index in [1.54, 1.807) is 18.1 Å². The normalized spacial score (nSPS) is 11.4. The number of benzene rings is 2. The molecule has 0 aliphatic carbocycles. The number of hydrogen-bond donors (Lipinski definition) is 1. The molecule has 9 heteroatoms. The molecule has 0 unspecified atom stereocenters. The van der Waals surface area contributed by atoms with Crippen molar-refractivity contribution in [2.24, 2.45) is 0 Å². The first-order valence-corrected chi connectivity index (χ1v) is 11.3. The molecule has 0 aliphatic heterocycles. The number of aryl methyl sites for hydroxylation is 1. The standard InChI is InChI=1S/C26H26N6O3/c1-18-5-7-19(8-6-18)14-31(17-25-28-29-30-32(25)16-23-4-3-11-35-23)15-21-12-20-13-22(34-2)9-10-24(20)27-26(21)33/h3-13H,14-17H2,1-2H3,(H,27,33). The van der Waals surface area contributed by atoms with Crippen molar-refractivity contribution in [2.75, 3.05) is 7.11 Å². The van der Waals surface area contributed by atoms with Crippen molar-refractivity contribution in [1.29, 1.82) is 0 Å². The van der Waals surface area contributed by atoms with E-state index in [9.17, 15) is 4.79 Å². The quantitative estimate of drug-likeness (QED) is 0.351. The number of H-pyrrole nitrogens is 1. The number of aromatic nitrogens is 5. The number of rotatable bonds is 9. The van der Waals surface area contributed by atoms with Gasteiger partial charge in [0.15, 0.2) is 5.82 Å². The lowest BCUT2D eigenvalue weighted by Gasteiger charge is -2.22. The van der Waals surface area contributed by atoms with Crippen LogP contribution >= 0.6 is 0 Å². The van der Waals surface area contributed by atoms with Gasteiger partial charge < -0.3 is 14.1 Å². The average Bonchev–Trinajstić information content (AvgIpc) is 3.53. The Labute approximate surface area is 202 Å². The Kier molecular flexibility index (Phi) is 6.40. The van der Waals surface area contributed by atoms with Gasteiger partial charge in [-0.05, 0) is 59.3 Å². The third-order valence-corrected chi connectivity index (χ3v) is 5.91. The van der Waals surface area contributed by atoms with Crippen LogP contribution in [0, 0.1) is 6.92 Å². The van der Waals surface area contributed by atoms with Crippen molar-refractivity contribution < 1.29 is 9.15 Å². The number of aromatic amines is 1. The first kappa shape index (κ1) is 22.5. The molecule has 0 spiro atoms. The van der Waals surface area contributed by atoms with Gasteiger partial charge in [-0.3, -0.25) is 9.69 Å². The summed E-state index contributed by atoms with van der Waals surface area (Å²) >= 11 is 0. The zero-order valence-corrected chi connectivity index (χ0v) is 19.6. The Morgan fingerprint density at radius 3 is 2.69 bits per heavy atom. The summed E-state index contributed by atoms with van der Waals surface area (Å²) in [7, 11) is 1.63. The van der Waals surface area contributed by atoms with Gasteiger partial charge in [-0.25, -0.2) is 4.68 Å². The number of furan rings is 1. The first-order valence-electron chi connectivity index (χ1n) is 11.3. The van der Waals surface area contributed by atoms with Crippen molar-refractivity contribution in [1.82, 2.24) is 30.1 Å². The second-order valence-corrected chi connectivity index (χ2v) is 8.54. The molecule has 0 saturated heterocycles. The van der Waals surface area contributed by atoms with E-state index >= 15 is 0 Å². The molecule has 5 rings (SSSR count). The SMILES string of the molecule is COc1ccc2[nH]c(=O)c(CN(Cc3ccc(C)cc3)Cc3nnnn3Cc3ccco3)cc2c1. The fourth-order valence-corrected chi connectivity index (χ4v) is 4.04. The molecular formula is C26H26N6O3. The van der Waals surface area contributed by atoms with Gasteiger partial charge in [0.1, 0.15) is 18.1 Å². The van der Waals surface area contributed by atoms with E-state index in [0.717, 1.165) is 28.0 Å². The minimum absolute atomic E-state index is 0.119. The third kappa shape index (κ3) is 5.30. The number of tetrazole rings is 1. The molecule has 0 bridgehead atoms. The zero-order chi connectivity index (χ0) is 24.2. The van der Waals surface area contributed by atoms with Crippen LogP contribution in [0.15, 0.2) is 76.1 Å². The first-order chi connectivity index (χ1) is 17.1. The van der Waals surface area contributed by atoms with Crippen LogP contribution in [-0.2, 0) is 26.2 Å². The number of nitrogens with zero attached hydrogens (tertiary/aromatic N) is 5. The maximum absolute atomic E-state index is 12.9. The van der Waals surface area contributed by atoms with E-state index in [4.69, 9.17) is 9.15 Å². The van der Waals surface area contributed by atoms with Gasteiger partial charge in [-0.1, -0.05) is 29.8 Å². The molecule has 35 heavy (non-hydrogen) atoms.